The first-order valence-electron chi connectivity index (χ1n) is 5.90. The van der Waals surface area contributed by atoms with E-state index in [1.54, 1.807) is 32.0 Å². The lowest BCUT2D eigenvalue weighted by molar-refractivity contribution is 0.0949. The SMILES string of the molecule is Cc1ncc(C(=O)NCc2ccccc2F)c(C)n1. The number of carbonyl (C=O) groups is 1. The van der Waals surface area contributed by atoms with Crippen molar-refractivity contribution in [3.05, 3.63) is 58.9 Å². The third kappa shape index (κ3) is 3.13. The molecule has 1 aromatic carbocycles. The minimum atomic E-state index is -0.334. The van der Waals surface area contributed by atoms with Gasteiger partial charge in [0.1, 0.15) is 11.6 Å². The molecule has 0 unspecified atom stereocenters. The predicted molar refractivity (Wildman–Crippen MR) is 69.1 cm³/mol. The highest BCUT2D eigenvalue weighted by atomic mass is 19.1. The van der Waals surface area contributed by atoms with Crippen LogP contribution in [0.15, 0.2) is 30.5 Å². The Morgan fingerprint density at radius 2 is 2.05 bits per heavy atom. The van der Waals surface area contributed by atoms with Gasteiger partial charge in [-0.2, -0.15) is 0 Å². The first kappa shape index (κ1) is 13.1. The van der Waals surface area contributed by atoms with Crippen LogP contribution < -0.4 is 5.32 Å². The molecular formula is C14H14FN3O. The fraction of sp³-hybridized carbons (Fsp3) is 0.214. The third-order valence-electron chi connectivity index (χ3n) is 2.74. The zero-order valence-electron chi connectivity index (χ0n) is 10.8. The Morgan fingerprint density at radius 3 is 2.74 bits per heavy atom. The zero-order valence-corrected chi connectivity index (χ0v) is 10.8. The summed E-state index contributed by atoms with van der Waals surface area (Å²) >= 11 is 0. The summed E-state index contributed by atoms with van der Waals surface area (Å²) in [5, 5.41) is 2.66. The van der Waals surface area contributed by atoms with Crippen LogP contribution in [0.25, 0.3) is 0 Å². The summed E-state index contributed by atoms with van der Waals surface area (Å²) in [6, 6.07) is 6.33. The first-order chi connectivity index (χ1) is 9.08. The second-order valence-electron chi connectivity index (χ2n) is 4.19. The van der Waals surface area contributed by atoms with Crippen molar-refractivity contribution in [3.8, 4) is 0 Å². The Bertz CT molecular complexity index is 613. The highest BCUT2D eigenvalue weighted by Gasteiger charge is 2.11. The van der Waals surface area contributed by atoms with Gasteiger partial charge in [0.15, 0.2) is 0 Å². The van der Waals surface area contributed by atoms with E-state index in [2.05, 4.69) is 15.3 Å². The molecule has 0 bridgehead atoms. The molecule has 5 heteroatoms. The molecule has 0 aliphatic rings. The molecule has 0 aliphatic carbocycles. The molecule has 0 aliphatic heterocycles. The number of rotatable bonds is 3. The lowest BCUT2D eigenvalue weighted by Crippen LogP contribution is -2.24. The van der Waals surface area contributed by atoms with Crippen LogP contribution in [0.4, 0.5) is 4.39 Å². The Balaban J connectivity index is 2.08. The van der Waals surface area contributed by atoms with Gasteiger partial charge in [-0.1, -0.05) is 18.2 Å². The average molecular weight is 259 g/mol. The van der Waals surface area contributed by atoms with Gasteiger partial charge in [0.2, 0.25) is 0 Å². The molecule has 1 aromatic heterocycles. The fourth-order valence-electron chi connectivity index (χ4n) is 1.72. The van der Waals surface area contributed by atoms with Gasteiger partial charge < -0.3 is 5.32 Å². The maximum atomic E-state index is 13.4. The van der Waals surface area contributed by atoms with Crippen molar-refractivity contribution in [3.63, 3.8) is 0 Å². The van der Waals surface area contributed by atoms with E-state index >= 15 is 0 Å². The van der Waals surface area contributed by atoms with Crippen LogP contribution in [0.5, 0.6) is 0 Å². The van der Waals surface area contributed by atoms with Crippen molar-refractivity contribution in [1.29, 1.82) is 0 Å². The molecule has 1 heterocycles. The molecule has 1 amide bonds. The topological polar surface area (TPSA) is 54.9 Å². The lowest BCUT2D eigenvalue weighted by Gasteiger charge is -2.08. The van der Waals surface area contributed by atoms with Crippen molar-refractivity contribution in [1.82, 2.24) is 15.3 Å². The molecule has 0 spiro atoms. The highest BCUT2D eigenvalue weighted by molar-refractivity contribution is 5.94. The molecule has 0 radical (unpaired) electrons. The molecular weight excluding hydrogens is 245 g/mol. The number of halogens is 1. The van der Waals surface area contributed by atoms with E-state index in [0.717, 1.165) is 0 Å². The van der Waals surface area contributed by atoms with Crippen molar-refractivity contribution < 1.29 is 9.18 Å². The largest absolute Gasteiger partial charge is 0.348 e. The predicted octanol–water partition coefficient (Wildman–Crippen LogP) is 2.16. The van der Waals surface area contributed by atoms with Gasteiger partial charge in [-0.3, -0.25) is 4.79 Å². The van der Waals surface area contributed by atoms with Crippen LogP contribution in [0.2, 0.25) is 0 Å². The standard InChI is InChI=1S/C14H14FN3O/c1-9-12(8-16-10(2)18-9)14(19)17-7-11-5-3-4-6-13(11)15/h3-6,8H,7H2,1-2H3,(H,17,19). The summed E-state index contributed by atoms with van der Waals surface area (Å²) in [6.07, 6.45) is 1.48. The van der Waals surface area contributed by atoms with Gasteiger partial charge in [0.05, 0.1) is 11.3 Å². The number of aryl methyl sites for hydroxylation is 2. The van der Waals surface area contributed by atoms with Gasteiger partial charge in [0, 0.05) is 18.3 Å². The van der Waals surface area contributed by atoms with E-state index in [1.165, 1.54) is 12.3 Å². The average Bonchev–Trinajstić information content (AvgIpc) is 2.37. The number of nitrogens with zero attached hydrogens (tertiary/aromatic N) is 2. The summed E-state index contributed by atoms with van der Waals surface area (Å²) in [7, 11) is 0. The normalized spacial score (nSPS) is 10.3. The van der Waals surface area contributed by atoms with Crippen LogP contribution in [-0.2, 0) is 6.54 Å². The van der Waals surface area contributed by atoms with E-state index in [9.17, 15) is 9.18 Å². The number of nitrogens with one attached hydrogen (secondary N) is 1. The number of hydrogen-bond donors (Lipinski definition) is 1. The second kappa shape index (κ2) is 5.56. The number of amides is 1. The number of benzene rings is 1. The smallest absolute Gasteiger partial charge is 0.254 e. The van der Waals surface area contributed by atoms with E-state index < -0.39 is 0 Å². The van der Waals surface area contributed by atoms with Gasteiger partial charge >= 0.3 is 0 Å². The van der Waals surface area contributed by atoms with E-state index in [1.807, 2.05) is 0 Å². The van der Waals surface area contributed by atoms with Crippen molar-refractivity contribution >= 4 is 5.91 Å². The Hall–Kier alpha value is -2.30. The van der Waals surface area contributed by atoms with Crippen LogP contribution >= 0.6 is 0 Å². The van der Waals surface area contributed by atoms with Crippen LogP contribution in [0.1, 0.15) is 27.4 Å². The fourth-order valence-corrected chi connectivity index (χ4v) is 1.72. The molecule has 1 N–H and O–H groups in total. The Kier molecular flexibility index (Phi) is 3.85. The zero-order chi connectivity index (χ0) is 13.8. The molecule has 98 valence electrons. The molecule has 0 saturated carbocycles. The molecule has 19 heavy (non-hydrogen) atoms. The van der Waals surface area contributed by atoms with Gasteiger partial charge in [-0.25, -0.2) is 14.4 Å². The summed E-state index contributed by atoms with van der Waals surface area (Å²) < 4.78 is 13.4. The van der Waals surface area contributed by atoms with Crippen molar-refractivity contribution in [2.45, 2.75) is 20.4 Å². The molecule has 0 atom stereocenters. The van der Waals surface area contributed by atoms with Gasteiger partial charge in [-0.15, -0.1) is 0 Å². The molecule has 4 nitrogen and oxygen atoms in total. The Labute approximate surface area is 110 Å². The number of hydrogen-bond acceptors (Lipinski definition) is 3. The lowest BCUT2D eigenvalue weighted by atomic mass is 10.2. The minimum absolute atomic E-state index is 0.138. The van der Waals surface area contributed by atoms with Crippen LogP contribution in [0.3, 0.4) is 0 Å². The quantitative estimate of drug-likeness (QED) is 0.919. The first-order valence-corrected chi connectivity index (χ1v) is 5.90. The summed E-state index contributed by atoms with van der Waals surface area (Å²) in [6.45, 7) is 3.64. The van der Waals surface area contributed by atoms with Crippen LogP contribution in [-0.4, -0.2) is 15.9 Å². The minimum Gasteiger partial charge on any atom is -0.348 e. The maximum absolute atomic E-state index is 13.4. The van der Waals surface area contributed by atoms with E-state index in [4.69, 9.17) is 0 Å². The summed E-state index contributed by atoms with van der Waals surface area (Å²) in [4.78, 5) is 20.1. The molecule has 2 aromatic rings. The highest BCUT2D eigenvalue weighted by Crippen LogP contribution is 2.07. The van der Waals surface area contributed by atoms with Crippen molar-refractivity contribution in [2.24, 2.45) is 0 Å². The number of aromatic nitrogens is 2. The summed E-state index contributed by atoms with van der Waals surface area (Å²) in [5.74, 6) is -0.0245. The van der Waals surface area contributed by atoms with Gasteiger partial charge in [0.25, 0.3) is 5.91 Å². The molecule has 0 fully saturated rings. The number of carbonyl (C=O) groups excluding carboxylic acids is 1. The molecule has 0 saturated heterocycles. The second-order valence-corrected chi connectivity index (χ2v) is 4.19. The summed E-state index contributed by atoms with van der Waals surface area (Å²) in [5.41, 5.74) is 1.46. The van der Waals surface area contributed by atoms with Crippen molar-refractivity contribution in [2.75, 3.05) is 0 Å². The monoisotopic (exact) mass is 259 g/mol. The van der Waals surface area contributed by atoms with E-state index in [0.29, 0.717) is 22.6 Å². The molecule has 2 rings (SSSR count). The van der Waals surface area contributed by atoms with Crippen LogP contribution in [0, 0.1) is 19.7 Å². The maximum Gasteiger partial charge on any atom is 0.254 e. The Morgan fingerprint density at radius 1 is 1.32 bits per heavy atom. The third-order valence-corrected chi connectivity index (χ3v) is 2.74. The van der Waals surface area contributed by atoms with Gasteiger partial charge in [-0.05, 0) is 19.9 Å². The van der Waals surface area contributed by atoms with E-state index in [-0.39, 0.29) is 18.3 Å².